The summed E-state index contributed by atoms with van der Waals surface area (Å²) in [5, 5.41) is 9.18. The summed E-state index contributed by atoms with van der Waals surface area (Å²) in [7, 11) is 0. The van der Waals surface area contributed by atoms with E-state index in [0.29, 0.717) is 18.9 Å². The summed E-state index contributed by atoms with van der Waals surface area (Å²) in [6.45, 7) is 5.69. The molecule has 2 aromatic carbocycles. The van der Waals surface area contributed by atoms with Crippen LogP contribution in [0.15, 0.2) is 48.5 Å². The maximum atomic E-state index is 12.9. The van der Waals surface area contributed by atoms with Crippen LogP contribution in [0.5, 0.6) is 0 Å². The first kappa shape index (κ1) is 22.3. The second kappa shape index (κ2) is 9.21. The number of aliphatic carboxylic acids is 1. The SMILES string of the molecule is CC(C)c1ccc(CN2CC[C@@H](CC(=O)O)C[C@H]2c2ccc(C(F)(F)F)cc2)cc1. The molecule has 1 N–H and O–H groups in total. The van der Waals surface area contributed by atoms with E-state index in [-0.39, 0.29) is 18.4 Å². The monoisotopic (exact) mass is 419 g/mol. The number of benzene rings is 2. The van der Waals surface area contributed by atoms with E-state index in [1.54, 1.807) is 0 Å². The van der Waals surface area contributed by atoms with E-state index < -0.39 is 17.7 Å². The molecule has 6 heteroatoms. The minimum Gasteiger partial charge on any atom is -0.481 e. The van der Waals surface area contributed by atoms with Gasteiger partial charge in [-0.25, -0.2) is 0 Å². The van der Waals surface area contributed by atoms with Gasteiger partial charge in [-0.15, -0.1) is 0 Å². The molecule has 1 fully saturated rings. The first-order valence-electron chi connectivity index (χ1n) is 10.4. The zero-order chi connectivity index (χ0) is 21.9. The molecule has 1 aliphatic heterocycles. The molecule has 30 heavy (non-hydrogen) atoms. The highest BCUT2D eigenvalue weighted by atomic mass is 19.4. The molecule has 3 rings (SSSR count). The number of carboxylic acid groups (broad SMARTS) is 1. The number of piperidine rings is 1. The van der Waals surface area contributed by atoms with Crippen LogP contribution in [-0.4, -0.2) is 22.5 Å². The number of carboxylic acids is 1. The molecule has 1 aliphatic rings. The summed E-state index contributed by atoms with van der Waals surface area (Å²) in [5.41, 5.74) is 2.54. The van der Waals surface area contributed by atoms with E-state index in [1.807, 2.05) is 0 Å². The van der Waals surface area contributed by atoms with Gasteiger partial charge in [0.25, 0.3) is 0 Å². The van der Waals surface area contributed by atoms with E-state index >= 15 is 0 Å². The third-order valence-electron chi connectivity index (χ3n) is 5.94. The number of alkyl halides is 3. The Hall–Kier alpha value is -2.34. The third-order valence-corrected chi connectivity index (χ3v) is 5.94. The maximum Gasteiger partial charge on any atom is 0.416 e. The Labute approximate surface area is 175 Å². The minimum atomic E-state index is -4.37. The zero-order valence-corrected chi connectivity index (χ0v) is 17.3. The lowest BCUT2D eigenvalue weighted by atomic mass is 9.84. The highest BCUT2D eigenvalue weighted by molar-refractivity contribution is 5.67. The molecule has 2 atom stereocenters. The standard InChI is InChI=1S/C24H28F3NO2/c1-16(2)19-5-3-17(4-6-19)15-28-12-11-18(14-23(29)30)13-22(28)20-7-9-21(10-8-20)24(25,26)27/h3-10,16,18,22H,11-15H2,1-2H3,(H,29,30)/t18-,22+/m1/s1. The topological polar surface area (TPSA) is 40.5 Å². The number of likely N-dealkylation sites (tertiary alicyclic amines) is 1. The van der Waals surface area contributed by atoms with Gasteiger partial charge in [-0.1, -0.05) is 50.2 Å². The van der Waals surface area contributed by atoms with E-state index in [4.69, 9.17) is 0 Å². The van der Waals surface area contributed by atoms with Gasteiger partial charge in [-0.3, -0.25) is 9.69 Å². The van der Waals surface area contributed by atoms with Crippen molar-refractivity contribution >= 4 is 5.97 Å². The molecule has 1 heterocycles. The molecule has 162 valence electrons. The van der Waals surface area contributed by atoms with Gasteiger partial charge in [0.1, 0.15) is 0 Å². The van der Waals surface area contributed by atoms with Gasteiger partial charge in [0.15, 0.2) is 0 Å². The summed E-state index contributed by atoms with van der Waals surface area (Å²) in [6.07, 6.45) is -2.88. The Morgan fingerprint density at radius 3 is 2.27 bits per heavy atom. The summed E-state index contributed by atoms with van der Waals surface area (Å²) >= 11 is 0. The first-order valence-corrected chi connectivity index (χ1v) is 10.4. The Morgan fingerprint density at radius 2 is 1.73 bits per heavy atom. The molecule has 0 bridgehead atoms. The highest BCUT2D eigenvalue weighted by Crippen LogP contribution is 2.38. The van der Waals surface area contributed by atoms with Crippen LogP contribution < -0.4 is 0 Å². The number of hydrogen-bond acceptors (Lipinski definition) is 2. The maximum absolute atomic E-state index is 12.9. The smallest absolute Gasteiger partial charge is 0.416 e. The van der Waals surface area contributed by atoms with Crippen LogP contribution in [0, 0.1) is 5.92 Å². The fourth-order valence-electron chi connectivity index (χ4n) is 4.19. The summed E-state index contributed by atoms with van der Waals surface area (Å²) in [5.74, 6) is -0.357. The van der Waals surface area contributed by atoms with E-state index in [2.05, 4.69) is 43.0 Å². The third kappa shape index (κ3) is 5.63. The van der Waals surface area contributed by atoms with E-state index in [0.717, 1.165) is 36.2 Å². The van der Waals surface area contributed by atoms with Crippen molar-refractivity contribution in [2.45, 2.75) is 57.8 Å². The van der Waals surface area contributed by atoms with Crippen LogP contribution in [0.4, 0.5) is 13.2 Å². The van der Waals surface area contributed by atoms with Crippen LogP contribution in [0.25, 0.3) is 0 Å². The lowest BCUT2D eigenvalue weighted by Gasteiger charge is -2.39. The van der Waals surface area contributed by atoms with Crippen molar-refractivity contribution < 1.29 is 23.1 Å². The molecule has 0 aromatic heterocycles. The van der Waals surface area contributed by atoms with Gasteiger partial charge < -0.3 is 5.11 Å². The van der Waals surface area contributed by atoms with Gasteiger partial charge in [0.2, 0.25) is 0 Å². The molecule has 0 saturated carbocycles. The zero-order valence-electron chi connectivity index (χ0n) is 17.3. The summed E-state index contributed by atoms with van der Waals surface area (Å²) in [6, 6.07) is 13.6. The second-order valence-corrected chi connectivity index (χ2v) is 8.49. The average molecular weight is 419 g/mol. The predicted molar refractivity (Wildman–Crippen MR) is 110 cm³/mol. The predicted octanol–water partition coefficient (Wildman–Crippen LogP) is 6.26. The van der Waals surface area contributed by atoms with Crippen molar-refractivity contribution in [3.63, 3.8) is 0 Å². The van der Waals surface area contributed by atoms with Crippen molar-refractivity contribution in [1.29, 1.82) is 0 Å². The van der Waals surface area contributed by atoms with Gasteiger partial charge in [-0.05, 0) is 60.0 Å². The second-order valence-electron chi connectivity index (χ2n) is 8.49. The van der Waals surface area contributed by atoms with E-state index in [1.165, 1.54) is 17.7 Å². The lowest BCUT2D eigenvalue weighted by molar-refractivity contribution is -0.139. The Balaban J connectivity index is 1.82. The number of halogens is 3. The molecule has 0 aliphatic carbocycles. The van der Waals surface area contributed by atoms with Crippen LogP contribution in [0.3, 0.4) is 0 Å². The highest BCUT2D eigenvalue weighted by Gasteiger charge is 2.33. The average Bonchev–Trinajstić information content (AvgIpc) is 2.68. The quantitative estimate of drug-likeness (QED) is 0.601. The molecule has 0 spiro atoms. The van der Waals surface area contributed by atoms with Crippen molar-refractivity contribution in [3.05, 3.63) is 70.8 Å². The Bertz CT molecular complexity index is 844. The van der Waals surface area contributed by atoms with Crippen molar-refractivity contribution in [2.75, 3.05) is 6.54 Å². The van der Waals surface area contributed by atoms with Crippen molar-refractivity contribution in [1.82, 2.24) is 4.90 Å². The summed E-state index contributed by atoms with van der Waals surface area (Å²) < 4.78 is 38.8. The fraction of sp³-hybridized carbons (Fsp3) is 0.458. The van der Waals surface area contributed by atoms with Crippen molar-refractivity contribution in [3.8, 4) is 0 Å². The fourth-order valence-corrected chi connectivity index (χ4v) is 4.19. The lowest BCUT2D eigenvalue weighted by Crippen LogP contribution is -2.37. The first-order chi connectivity index (χ1) is 14.1. The minimum absolute atomic E-state index is 0.0226. The molecule has 0 amide bonds. The molecule has 1 saturated heterocycles. The molecule has 0 unspecified atom stereocenters. The number of rotatable bonds is 6. The van der Waals surface area contributed by atoms with Gasteiger partial charge in [0.05, 0.1) is 5.56 Å². The van der Waals surface area contributed by atoms with Gasteiger partial charge in [0, 0.05) is 19.0 Å². The van der Waals surface area contributed by atoms with Crippen molar-refractivity contribution in [2.24, 2.45) is 5.92 Å². The number of nitrogens with zero attached hydrogens (tertiary/aromatic N) is 1. The number of hydrogen-bond donors (Lipinski definition) is 1. The molecular formula is C24H28F3NO2. The van der Waals surface area contributed by atoms with E-state index in [9.17, 15) is 23.1 Å². The Kier molecular flexibility index (Phi) is 6.86. The Morgan fingerprint density at radius 1 is 1.10 bits per heavy atom. The van der Waals surface area contributed by atoms with Crippen LogP contribution in [-0.2, 0) is 17.5 Å². The summed E-state index contributed by atoms with van der Waals surface area (Å²) in [4.78, 5) is 13.4. The molecule has 0 radical (unpaired) electrons. The largest absolute Gasteiger partial charge is 0.481 e. The number of carbonyl (C=O) groups is 1. The normalized spacial score (nSPS) is 20.5. The molecule has 3 nitrogen and oxygen atoms in total. The molecule has 2 aromatic rings. The van der Waals surface area contributed by atoms with Gasteiger partial charge >= 0.3 is 12.1 Å². The van der Waals surface area contributed by atoms with Gasteiger partial charge in [-0.2, -0.15) is 13.2 Å². The van der Waals surface area contributed by atoms with Crippen LogP contribution in [0.1, 0.15) is 67.3 Å². The van der Waals surface area contributed by atoms with Crippen LogP contribution >= 0.6 is 0 Å². The molecular weight excluding hydrogens is 391 g/mol. The van der Waals surface area contributed by atoms with Crippen LogP contribution in [0.2, 0.25) is 0 Å².